The molecule has 0 bridgehead atoms. The lowest BCUT2D eigenvalue weighted by molar-refractivity contribution is 0.597. The molecule has 0 spiro atoms. The van der Waals surface area contributed by atoms with Gasteiger partial charge in [-0.25, -0.2) is 15.0 Å². The van der Waals surface area contributed by atoms with Crippen molar-refractivity contribution in [3.05, 3.63) is 72.8 Å². The van der Waals surface area contributed by atoms with Gasteiger partial charge in [0.25, 0.3) is 17.7 Å². The highest BCUT2D eigenvalue weighted by atomic mass is 16.4. The van der Waals surface area contributed by atoms with Crippen molar-refractivity contribution < 1.29 is 13.3 Å². The van der Waals surface area contributed by atoms with E-state index in [1.807, 2.05) is 72.8 Å². The van der Waals surface area contributed by atoms with Crippen LogP contribution in [0.5, 0.6) is 0 Å². The van der Waals surface area contributed by atoms with Crippen molar-refractivity contribution in [2.75, 3.05) is 0 Å². The molecule has 156 valence electrons. The Morgan fingerprint density at radius 3 is 0.970 bits per heavy atom. The molecule has 0 aliphatic heterocycles. The van der Waals surface area contributed by atoms with Crippen molar-refractivity contribution in [3.8, 4) is 35.1 Å². The zero-order valence-electron chi connectivity index (χ0n) is 16.8. The fourth-order valence-electron chi connectivity index (χ4n) is 3.57. The molecule has 33 heavy (non-hydrogen) atoms. The maximum Gasteiger partial charge on any atom is 0.266 e. The lowest BCUT2D eigenvalue weighted by atomic mass is 10.3. The first kappa shape index (κ1) is 17.7. The topological polar surface area (TPSA) is 117 Å². The number of benzene rings is 3. The fourth-order valence-corrected chi connectivity index (χ4v) is 3.57. The highest BCUT2D eigenvalue weighted by Crippen LogP contribution is 2.29. The van der Waals surface area contributed by atoms with Gasteiger partial charge in [-0.15, -0.1) is 0 Å². The second kappa shape index (κ2) is 6.79. The van der Waals surface area contributed by atoms with E-state index < -0.39 is 0 Å². The zero-order chi connectivity index (χ0) is 21.8. The van der Waals surface area contributed by atoms with Gasteiger partial charge in [0.2, 0.25) is 17.5 Å². The van der Waals surface area contributed by atoms with Gasteiger partial charge < -0.3 is 13.3 Å². The molecular formula is C24H12N6O3. The Kier molecular flexibility index (Phi) is 3.65. The van der Waals surface area contributed by atoms with Crippen LogP contribution >= 0.6 is 0 Å². The maximum atomic E-state index is 5.89. The Labute approximate surface area is 184 Å². The van der Waals surface area contributed by atoms with E-state index in [0.717, 1.165) is 0 Å². The molecule has 9 nitrogen and oxygen atoms in total. The molecule has 0 fully saturated rings. The maximum absolute atomic E-state index is 5.89. The van der Waals surface area contributed by atoms with Crippen LogP contribution in [0.2, 0.25) is 0 Å². The van der Waals surface area contributed by atoms with Gasteiger partial charge in [0.15, 0.2) is 16.7 Å². The van der Waals surface area contributed by atoms with Crippen molar-refractivity contribution in [1.29, 1.82) is 0 Å². The summed E-state index contributed by atoms with van der Waals surface area (Å²) in [7, 11) is 0. The van der Waals surface area contributed by atoms with Crippen molar-refractivity contribution in [2.24, 2.45) is 0 Å². The molecule has 7 aromatic rings. The van der Waals surface area contributed by atoms with Gasteiger partial charge in [-0.3, -0.25) is 0 Å². The molecule has 0 aliphatic rings. The first-order valence-electron chi connectivity index (χ1n) is 10.1. The second-order valence-electron chi connectivity index (χ2n) is 7.27. The fraction of sp³-hybridized carbons (Fsp3) is 0. The van der Waals surface area contributed by atoms with E-state index >= 15 is 0 Å². The Balaban J connectivity index is 1.46. The van der Waals surface area contributed by atoms with Crippen molar-refractivity contribution in [3.63, 3.8) is 0 Å². The normalized spacial score (nSPS) is 11.6. The van der Waals surface area contributed by atoms with Crippen LogP contribution in [0, 0.1) is 0 Å². The number of oxazole rings is 3. The molecule has 4 aromatic heterocycles. The van der Waals surface area contributed by atoms with Crippen molar-refractivity contribution in [2.45, 2.75) is 0 Å². The molecule has 0 radical (unpaired) electrons. The molecule has 0 aliphatic carbocycles. The minimum absolute atomic E-state index is 0.218. The van der Waals surface area contributed by atoms with E-state index in [1.165, 1.54) is 0 Å². The van der Waals surface area contributed by atoms with E-state index in [0.29, 0.717) is 33.3 Å². The monoisotopic (exact) mass is 432 g/mol. The molecule has 0 atom stereocenters. The first-order valence-corrected chi connectivity index (χ1v) is 10.1. The molecule has 9 heteroatoms. The number of aromatic nitrogens is 6. The third-order valence-corrected chi connectivity index (χ3v) is 5.09. The minimum atomic E-state index is 0.218. The summed E-state index contributed by atoms with van der Waals surface area (Å²) in [5, 5.41) is 0. The molecule has 4 heterocycles. The van der Waals surface area contributed by atoms with Gasteiger partial charge in [0.05, 0.1) is 0 Å². The van der Waals surface area contributed by atoms with Gasteiger partial charge in [-0.05, 0) is 36.4 Å². The van der Waals surface area contributed by atoms with Crippen molar-refractivity contribution in [1.82, 2.24) is 29.9 Å². The molecule has 0 unspecified atom stereocenters. The van der Waals surface area contributed by atoms with Gasteiger partial charge in [-0.2, -0.15) is 15.0 Å². The summed E-state index contributed by atoms with van der Waals surface area (Å²) in [6.45, 7) is 0. The summed E-state index contributed by atoms with van der Waals surface area (Å²) in [5.74, 6) is 1.39. The average molecular weight is 432 g/mol. The van der Waals surface area contributed by atoms with Gasteiger partial charge in [0.1, 0.15) is 16.6 Å². The van der Waals surface area contributed by atoms with Crippen LogP contribution < -0.4 is 0 Å². The van der Waals surface area contributed by atoms with Crippen LogP contribution in [0.25, 0.3) is 68.4 Å². The van der Waals surface area contributed by atoms with Gasteiger partial charge in [0, 0.05) is 0 Å². The molecule has 0 amide bonds. The predicted octanol–water partition coefficient (Wildman–Crippen LogP) is 5.30. The molecule has 0 saturated carbocycles. The number of fused-ring (bicyclic) bond motifs is 3. The number of rotatable bonds is 3. The summed E-state index contributed by atoms with van der Waals surface area (Å²) in [6.07, 6.45) is 0. The molecular weight excluding hydrogens is 420 g/mol. The van der Waals surface area contributed by atoms with Gasteiger partial charge >= 0.3 is 0 Å². The SMILES string of the molecule is c1ccc2oc(-c3nc(-c4nc5ccccc5o4)nc(-c4nc5ccccc5o4)n3)nc2c1. The van der Waals surface area contributed by atoms with Crippen LogP contribution in [0.15, 0.2) is 86.0 Å². The summed E-state index contributed by atoms with van der Waals surface area (Å²) in [6, 6.07) is 22.3. The Bertz CT molecular complexity index is 1480. The quantitative estimate of drug-likeness (QED) is 0.367. The summed E-state index contributed by atoms with van der Waals surface area (Å²) >= 11 is 0. The number of para-hydroxylation sites is 6. The second-order valence-corrected chi connectivity index (χ2v) is 7.27. The van der Waals surface area contributed by atoms with Crippen LogP contribution in [-0.2, 0) is 0 Å². The molecule has 0 saturated heterocycles. The number of hydrogen-bond acceptors (Lipinski definition) is 9. The smallest absolute Gasteiger partial charge is 0.266 e. The Hall–Kier alpha value is -4.92. The third kappa shape index (κ3) is 2.94. The highest BCUT2D eigenvalue weighted by molar-refractivity contribution is 5.78. The summed E-state index contributed by atoms with van der Waals surface area (Å²) in [5.41, 5.74) is 3.96. The van der Waals surface area contributed by atoms with Crippen molar-refractivity contribution >= 4 is 33.3 Å². The lowest BCUT2D eigenvalue weighted by Gasteiger charge is -2.01. The Morgan fingerprint density at radius 1 is 0.364 bits per heavy atom. The largest absolute Gasteiger partial charge is 0.434 e. The van der Waals surface area contributed by atoms with E-state index in [1.54, 1.807) is 0 Å². The summed E-state index contributed by atoms with van der Waals surface area (Å²) in [4.78, 5) is 27.2. The van der Waals surface area contributed by atoms with Crippen LogP contribution in [0.1, 0.15) is 0 Å². The van der Waals surface area contributed by atoms with E-state index in [-0.39, 0.29) is 35.1 Å². The molecule has 0 N–H and O–H groups in total. The molecule has 7 rings (SSSR count). The van der Waals surface area contributed by atoms with Gasteiger partial charge in [-0.1, -0.05) is 36.4 Å². The first-order chi connectivity index (χ1) is 16.3. The summed E-state index contributed by atoms with van der Waals surface area (Å²) < 4.78 is 17.7. The van der Waals surface area contributed by atoms with E-state index in [2.05, 4.69) is 29.9 Å². The molecule has 3 aromatic carbocycles. The standard InChI is InChI=1S/C24H12N6O3/c1-4-10-16-13(7-1)25-22(31-16)19-28-20(23-26-14-8-2-5-11-17(14)32-23)30-21(29-19)24-27-15-9-3-6-12-18(15)33-24/h1-12H. The average Bonchev–Trinajstić information content (AvgIpc) is 3.59. The van der Waals surface area contributed by atoms with Crippen LogP contribution in [0.3, 0.4) is 0 Å². The third-order valence-electron chi connectivity index (χ3n) is 5.09. The number of hydrogen-bond donors (Lipinski definition) is 0. The lowest BCUT2D eigenvalue weighted by Crippen LogP contribution is -2.00. The van der Waals surface area contributed by atoms with E-state index in [9.17, 15) is 0 Å². The number of nitrogens with zero attached hydrogens (tertiary/aromatic N) is 6. The van der Waals surface area contributed by atoms with E-state index in [4.69, 9.17) is 13.3 Å². The predicted molar refractivity (Wildman–Crippen MR) is 119 cm³/mol. The van der Waals surface area contributed by atoms with Crippen LogP contribution in [0.4, 0.5) is 0 Å². The Morgan fingerprint density at radius 2 is 0.667 bits per heavy atom. The zero-order valence-corrected chi connectivity index (χ0v) is 16.8. The highest BCUT2D eigenvalue weighted by Gasteiger charge is 2.21. The minimum Gasteiger partial charge on any atom is -0.434 e. The van der Waals surface area contributed by atoms with Crippen LogP contribution in [-0.4, -0.2) is 29.9 Å².